The van der Waals surface area contributed by atoms with Gasteiger partial charge in [0.25, 0.3) is 5.91 Å². The van der Waals surface area contributed by atoms with E-state index in [1.807, 2.05) is 6.92 Å². The van der Waals surface area contributed by atoms with Crippen LogP contribution < -0.4 is 5.43 Å². The number of rotatable bonds is 7. The van der Waals surface area contributed by atoms with Gasteiger partial charge in [-0.3, -0.25) is 14.4 Å². The molecule has 2 aliphatic rings. The topological polar surface area (TPSA) is 88.8 Å². The van der Waals surface area contributed by atoms with Gasteiger partial charge in [0.05, 0.1) is 17.7 Å². The van der Waals surface area contributed by atoms with E-state index in [1.54, 1.807) is 12.0 Å². The molecule has 4 rings (SSSR count). The van der Waals surface area contributed by atoms with Crippen molar-refractivity contribution in [1.29, 1.82) is 0 Å². The number of halogens is 2. The molecule has 1 spiro atoms. The summed E-state index contributed by atoms with van der Waals surface area (Å²) in [4.78, 5) is 40.2. The third-order valence-electron chi connectivity index (χ3n) is 6.51. The summed E-state index contributed by atoms with van der Waals surface area (Å²) < 4.78 is 33.7. The molecule has 9 heteroatoms. The van der Waals surface area contributed by atoms with Crippen molar-refractivity contribution >= 4 is 11.7 Å². The normalized spacial score (nSPS) is 21.7. The zero-order valence-electron chi connectivity index (χ0n) is 17.9. The standard InChI is InChI=1S/C23H24F2N2O5/c1-3-27-22(31)19-21(30)20(29)16(10-26(19)12-23(27)9-14(23)11-32-2)18(28)7-5-13-4-6-15(24)8-17(13)25/h4,6,8,10,14,30H,3,5,7,9,11-12H2,1-2H3. The molecular formula is C23H24F2N2O5. The molecule has 1 N–H and O–H groups in total. The Hall–Kier alpha value is -3.07. The van der Waals surface area contributed by atoms with E-state index in [0.29, 0.717) is 19.7 Å². The van der Waals surface area contributed by atoms with Gasteiger partial charge >= 0.3 is 0 Å². The zero-order chi connectivity index (χ0) is 23.2. The number of nitrogens with zero attached hydrogens (tertiary/aromatic N) is 2. The van der Waals surface area contributed by atoms with Crippen LogP contribution in [0, 0.1) is 17.6 Å². The van der Waals surface area contributed by atoms with Crippen molar-refractivity contribution < 1.29 is 28.2 Å². The van der Waals surface area contributed by atoms with E-state index in [9.17, 15) is 28.3 Å². The number of likely N-dealkylation sites (N-methyl/N-ethyl adjacent to an activating group) is 1. The molecule has 1 amide bonds. The van der Waals surface area contributed by atoms with Crippen LogP contribution in [0.4, 0.5) is 8.78 Å². The van der Waals surface area contributed by atoms with E-state index in [2.05, 4.69) is 0 Å². The van der Waals surface area contributed by atoms with E-state index >= 15 is 0 Å². The van der Waals surface area contributed by atoms with E-state index < -0.39 is 40.0 Å². The Balaban J connectivity index is 1.64. The lowest BCUT2D eigenvalue weighted by Gasteiger charge is -2.39. The van der Waals surface area contributed by atoms with Crippen molar-refractivity contribution in [2.75, 3.05) is 20.3 Å². The lowest BCUT2D eigenvalue weighted by atomic mass is 10.0. The second kappa shape index (κ2) is 8.12. The van der Waals surface area contributed by atoms with Gasteiger partial charge < -0.3 is 19.3 Å². The second-order valence-corrected chi connectivity index (χ2v) is 8.37. The smallest absolute Gasteiger partial charge is 0.275 e. The minimum atomic E-state index is -0.926. The largest absolute Gasteiger partial charge is 0.503 e. The molecule has 32 heavy (non-hydrogen) atoms. The average molecular weight is 446 g/mol. The Morgan fingerprint density at radius 1 is 1.31 bits per heavy atom. The summed E-state index contributed by atoms with van der Waals surface area (Å²) in [6.07, 6.45) is 1.80. The molecular weight excluding hydrogens is 422 g/mol. The maximum atomic E-state index is 13.9. The fraction of sp³-hybridized carbons (Fsp3) is 0.435. The Bertz CT molecular complexity index is 1160. The van der Waals surface area contributed by atoms with Crippen molar-refractivity contribution in [3.05, 3.63) is 63.1 Å². The monoisotopic (exact) mass is 446 g/mol. The highest BCUT2D eigenvalue weighted by Gasteiger charge is 2.61. The molecule has 1 aromatic carbocycles. The molecule has 1 aliphatic carbocycles. The lowest BCUT2D eigenvalue weighted by molar-refractivity contribution is 0.0491. The maximum absolute atomic E-state index is 13.9. The van der Waals surface area contributed by atoms with Gasteiger partial charge in [0.15, 0.2) is 17.2 Å². The first kappa shape index (κ1) is 22.1. The highest BCUT2D eigenvalue weighted by Crippen LogP contribution is 2.52. The van der Waals surface area contributed by atoms with Crippen LogP contribution in [0.15, 0.2) is 29.2 Å². The molecule has 1 saturated carbocycles. The number of amides is 1. The van der Waals surface area contributed by atoms with Crippen LogP contribution in [-0.4, -0.2) is 52.1 Å². The number of Topliss-reactive ketones (excluding diaryl/α,β-unsaturated/α-hetero) is 1. The third-order valence-corrected chi connectivity index (χ3v) is 6.51. The molecule has 1 aromatic heterocycles. The fourth-order valence-corrected chi connectivity index (χ4v) is 4.78. The molecule has 2 heterocycles. The van der Waals surface area contributed by atoms with Crippen LogP contribution in [0.1, 0.15) is 46.2 Å². The first-order valence-corrected chi connectivity index (χ1v) is 10.5. The molecule has 0 radical (unpaired) electrons. The summed E-state index contributed by atoms with van der Waals surface area (Å²) in [7, 11) is 1.59. The number of ether oxygens (including phenoxy) is 1. The third kappa shape index (κ3) is 3.50. The van der Waals surface area contributed by atoms with E-state index in [1.165, 1.54) is 16.8 Å². The van der Waals surface area contributed by atoms with Crippen LogP contribution in [-0.2, 0) is 17.7 Å². The number of fused-ring (bicyclic) bond motifs is 1. The number of benzene rings is 1. The number of aryl methyl sites for hydroxylation is 1. The number of pyridine rings is 1. The zero-order valence-corrected chi connectivity index (χ0v) is 17.9. The first-order valence-electron chi connectivity index (χ1n) is 10.5. The molecule has 0 saturated heterocycles. The van der Waals surface area contributed by atoms with Crippen LogP contribution in [0.3, 0.4) is 0 Å². The highest BCUT2D eigenvalue weighted by molar-refractivity contribution is 6.00. The van der Waals surface area contributed by atoms with Gasteiger partial charge in [-0.1, -0.05) is 6.07 Å². The van der Waals surface area contributed by atoms with Gasteiger partial charge in [0.1, 0.15) is 11.6 Å². The SMILES string of the molecule is CCN1C(=O)c2c(O)c(=O)c(C(=O)CCc3ccc(F)cc3F)cn2CC12CC2COC. The quantitative estimate of drug-likeness (QED) is 0.661. The maximum Gasteiger partial charge on any atom is 0.275 e. The Morgan fingerprint density at radius 2 is 2.06 bits per heavy atom. The van der Waals surface area contributed by atoms with Gasteiger partial charge in [-0.15, -0.1) is 0 Å². The minimum absolute atomic E-state index is 0.0324. The Labute approximate surface area is 183 Å². The first-order chi connectivity index (χ1) is 15.2. The minimum Gasteiger partial charge on any atom is -0.503 e. The molecule has 2 atom stereocenters. The summed E-state index contributed by atoms with van der Waals surface area (Å²) in [6, 6.07) is 3.08. The number of aromatic nitrogens is 1. The number of carbonyl (C=O) groups is 2. The van der Waals surface area contributed by atoms with E-state index in [4.69, 9.17) is 4.74 Å². The van der Waals surface area contributed by atoms with Gasteiger partial charge in [-0.05, 0) is 31.4 Å². The number of aromatic hydroxyl groups is 1. The Morgan fingerprint density at radius 3 is 2.72 bits per heavy atom. The fourth-order valence-electron chi connectivity index (χ4n) is 4.78. The number of methoxy groups -OCH3 is 1. The van der Waals surface area contributed by atoms with E-state index in [0.717, 1.165) is 18.6 Å². The summed E-state index contributed by atoms with van der Waals surface area (Å²) in [6.45, 7) is 3.05. The predicted octanol–water partition coefficient (Wildman–Crippen LogP) is 2.53. The molecule has 0 bridgehead atoms. The molecule has 170 valence electrons. The highest BCUT2D eigenvalue weighted by atomic mass is 19.1. The van der Waals surface area contributed by atoms with Crippen LogP contribution in [0.5, 0.6) is 5.75 Å². The molecule has 7 nitrogen and oxygen atoms in total. The lowest BCUT2D eigenvalue weighted by Crippen LogP contribution is -2.52. The second-order valence-electron chi connectivity index (χ2n) is 8.37. The van der Waals surface area contributed by atoms with Gasteiger partial charge in [0, 0.05) is 44.8 Å². The van der Waals surface area contributed by atoms with Crippen molar-refractivity contribution in [2.45, 2.75) is 38.3 Å². The molecule has 2 unspecified atom stereocenters. The van der Waals surface area contributed by atoms with E-state index in [-0.39, 0.29) is 35.6 Å². The van der Waals surface area contributed by atoms with Crippen LogP contribution in [0.2, 0.25) is 0 Å². The number of hydrogen-bond acceptors (Lipinski definition) is 5. The Kier molecular flexibility index (Phi) is 5.62. The molecule has 1 fully saturated rings. The molecule has 2 aromatic rings. The molecule has 1 aliphatic heterocycles. The average Bonchev–Trinajstić information content (AvgIpc) is 3.41. The van der Waals surface area contributed by atoms with Gasteiger partial charge in [0.2, 0.25) is 5.43 Å². The van der Waals surface area contributed by atoms with Crippen LogP contribution >= 0.6 is 0 Å². The van der Waals surface area contributed by atoms with Gasteiger partial charge in [-0.2, -0.15) is 0 Å². The predicted molar refractivity (Wildman–Crippen MR) is 111 cm³/mol. The number of carbonyl (C=O) groups excluding carboxylic acids is 2. The summed E-state index contributed by atoms with van der Waals surface area (Å²) in [5.74, 6) is -3.18. The van der Waals surface area contributed by atoms with Crippen LogP contribution in [0.25, 0.3) is 0 Å². The summed E-state index contributed by atoms with van der Waals surface area (Å²) in [5, 5.41) is 10.5. The van der Waals surface area contributed by atoms with Crippen molar-refractivity contribution in [3.63, 3.8) is 0 Å². The number of hydrogen-bond donors (Lipinski definition) is 1. The van der Waals surface area contributed by atoms with Gasteiger partial charge in [-0.25, -0.2) is 8.78 Å². The van der Waals surface area contributed by atoms with Crippen molar-refractivity contribution in [2.24, 2.45) is 5.92 Å². The number of ketones is 1. The summed E-state index contributed by atoms with van der Waals surface area (Å²) in [5.41, 5.74) is -1.65. The summed E-state index contributed by atoms with van der Waals surface area (Å²) >= 11 is 0. The van der Waals surface area contributed by atoms with Crippen molar-refractivity contribution in [1.82, 2.24) is 9.47 Å². The van der Waals surface area contributed by atoms with Crippen molar-refractivity contribution in [3.8, 4) is 5.75 Å².